The highest BCUT2D eigenvalue weighted by atomic mass is 32.2. The number of ether oxygens (including phenoxy) is 3. The molecule has 0 fully saturated rings. The zero-order valence-corrected chi connectivity index (χ0v) is 20.5. The lowest BCUT2D eigenvalue weighted by Gasteiger charge is -2.38. The highest BCUT2D eigenvalue weighted by Crippen LogP contribution is 2.38. The van der Waals surface area contributed by atoms with Crippen molar-refractivity contribution in [2.24, 2.45) is 0 Å². The highest BCUT2D eigenvalue weighted by Gasteiger charge is 2.30. The molecule has 1 heterocycles. The number of methoxy groups -OCH3 is 3. The van der Waals surface area contributed by atoms with Gasteiger partial charge in [-0.25, -0.2) is 13.1 Å². The zero-order valence-electron chi connectivity index (χ0n) is 19.7. The van der Waals surface area contributed by atoms with Gasteiger partial charge in [0, 0.05) is 25.7 Å². The zero-order chi connectivity index (χ0) is 24.1. The average molecular weight is 483 g/mol. The summed E-state index contributed by atoms with van der Waals surface area (Å²) in [5.41, 5.74) is 3.25. The summed E-state index contributed by atoms with van der Waals surface area (Å²) in [6.07, 6.45) is 0.821. The summed E-state index contributed by atoms with van der Waals surface area (Å²) in [5, 5.41) is 0. The third kappa shape index (κ3) is 5.19. The second kappa shape index (κ2) is 10.5. The normalized spacial score (nSPS) is 16.0. The van der Waals surface area contributed by atoms with Crippen molar-refractivity contribution in [1.82, 2.24) is 9.62 Å². The molecule has 1 atom stereocenters. The summed E-state index contributed by atoms with van der Waals surface area (Å²) in [5.74, 6) is 2.09. The number of rotatable bonds is 9. The van der Waals surface area contributed by atoms with Crippen molar-refractivity contribution >= 4 is 10.0 Å². The van der Waals surface area contributed by atoms with Crippen molar-refractivity contribution in [3.63, 3.8) is 0 Å². The van der Waals surface area contributed by atoms with Gasteiger partial charge in [-0.05, 0) is 59.5 Å². The summed E-state index contributed by atoms with van der Waals surface area (Å²) in [6.45, 7) is 1.66. The number of benzene rings is 3. The molecule has 34 heavy (non-hydrogen) atoms. The molecule has 1 aliphatic heterocycles. The van der Waals surface area contributed by atoms with Crippen molar-refractivity contribution in [2.75, 3.05) is 34.4 Å². The maximum Gasteiger partial charge on any atom is 0.240 e. The van der Waals surface area contributed by atoms with Gasteiger partial charge in [-0.3, -0.25) is 4.90 Å². The minimum Gasteiger partial charge on any atom is -0.497 e. The van der Waals surface area contributed by atoms with Crippen LogP contribution in [-0.2, 0) is 23.0 Å². The molecule has 0 bridgehead atoms. The minimum absolute atomic E-state index is 0.187. The topological polar surface area (TPSA) is 77.1 Å². The lowest BCUT2D eigenvalue weighted by molar-refractivity contribution is 0.176. The SMILES string of the molecule is COc1cccc(CN2CCc3cc(OC)c(OC)cc3C2CNS(=O)(=O)c2ccccc2)c1. The van der Waals surface area contributed by atoms with E-state index in [0.29, 0.717) is 18.0 Å². The van der Waals surface area contributed by atoms with E-state index in [2.05, 4.69) is 15.7 Å². The summed E-state index contributed by atoms with van der Waals surface area (Å²) < 4.78 is 45.2. The van der Waals surface area contributed by atoms with Gasteiger partial charge in [-0.1, -0.05) is 30.3 Å². The molecule has 4 rings (SSSR count). The van der Waals surface area contributed by atoms with Crippen LogP contribution in [0, 0.1) is 0 Å². The Kier molecular flexibility index (Phi) is 7.41. The summed E-state index contributed by atoms with van der Waals surface area (Å²) in [4.78, 5) is 2.54. The van der Waals surface area contributed by atoms with Crippen LogP contribution < -0.4 is 18.9 Å². The molecule has 0 saturated heterocycles. The fourth-order valence-electron chi connectivity index (χ4n) is 4.39. The van der Waals surface area contributed by atoms with Crippen molar-refractivity contribution in [3.05, 3.63) is 83.4 Å². The molecule has 3 aromatic rings. The van der Waals surface area contributed by atoms with E-state index in [1.807, 2.05) is 30.3 Å². The Balaban J connectivity index is 1.67. The molecule has 180 valence electrons. The smallest absolute Gasteiger partial charge is 0.240 e. The molecular weight excluding hydrogens is 452 g/mol. The van der Waals surface area contributed by atoms with Crippen LogP contribution in [-0.4, -0.2) is 47.7 Å². The number of nitrogens with one attached hydrogen (secondary N) is 1. The predicted molar refractivity (Wildman–Crippen MR) is 131 cm³/mol. The average Bonchev–Trinajstić information content (AvgIpc) is 2.87. The lowest BCUT2D eigenvalue weighted by atomic mass is 9.91. The van der Waals surface area contributed by atoms with E-state index >= 15 is 0 Å². The predicted octanol–water partition coefficient (Wildman–Crippen LogP) is 3.79. The van der Waals surface area contributed by atoms with E-state index in [1.54, 1.807) is 51.7 Å². The first kappa shape index (κ1) is 24.1. The van der Waals surface area contributed by atoms with Crippen LogP contribution in [0.4, 0.5) is 0 Å². The number of hydrogen-bond donors (Lipinski definition) is 1. The Bertz CT molecular complexity index is 1230. The quantitative estimate of drug-likeness (QED) is 0.500. The van der Waals surface area contributed by atoms with Gasteiger partial charge < -0.3 is 14.2 Å². The molecule has 0 saturated carbocycles. The number of fused-ring (bicyclic) bond motifs is 1. The third-order valence-corrected chi connectivity index (χ3v) is 7.59. The Morgan fingerprint density at radius 2 is 1.65 bits per heavy atom. The second-order valence-corrected chi connectivity index (χ2v) is 9.93. The Labute approximate surface area is 201 Å². The molecule has 1 N–H and O–H groups in total. The lowest BCUT2D eigenvalue weighted by Crippen LogP contribution is -2.41. The fraction of sp³-hybridized carbons (Fsp3) is 0.308. The van der Waals surface area contributed by atoms with E-state index < -0.39 is 10.0 Å². The van der Waals surface area contributed by atoms with Crippen LogP contribution >= 0.6 is 0 Å². The molecule has 0 aromatic heterocycles. The maximum absolute atomic E-state index is 13.0. The van der Waals surface area contributed by atoms with Crippen LogP contribution in [0.3, 0.4) is 0 Å². The molecule has 1 aliphatic rings. The maximum atomic E-state index is 13.0. The Morgan fingerprint density at radius 3 is 2.35 bits per heavy atom. The first-order valence-electron chi connectivity index (χ1n) is 11.1. The fourth-order valence-corrected chi connectivity index (χ4v) is 5.44. The van der Waals surface area contributed by atoms with E-state index in [-0.39, 0.29) is 17.5 Å². The second-order valence-electron chi connectivity index (χ2n) is 8.16. The van der Waals surface area contributed by atoms with Crippen molar-refractivity contribution < 1.29 is 22.6 Å². The Morgan fingerprint density at radius 1 is 0.912 bits per heavy atom. The van der Waals surface area contributed by atoms with Crippen LogP contribution in [0.25, 0.3) is 0 Å². The molecule has 1 unspecified atom stereocenters. The van der Waals surface area contributed by atoms with Gasteiger partial charge in [0.2, 0.25) is 10.0 Å². The molecule has 0 amide bonds. The van der Waals surface area contributed by atoms with Crippen LogP contribution in [0.15, 0.2) is 71.6 Å². The summed E-state index contributed by atoms with van der Waals surface area (Å²) in [7, 11) is 1.22. The van der Waals surface area contributed by atoms with Gasteiger partial charge in [0.15, 0.2) is 11.5 Å². The summed E-state index contributed by atoms with van der Waals surface area (Å²) >= 11 is 0. The van der Waals surface area contributed by atoms with Gasteiger partial charge in [0.1, 0.15) is 5.75 Å². The number of hydrogen-bond acceptors (Lipinski definition) is 6. The largest absolute Gasteiger partial charge is 0.497 e. The van der Waals surface area contributed by atoms with Gasteiger partial charge >= 0.3 is 0 Å². The summed E-state index contributed by atoms with van der Waals surface area (Å²) in [6, 6.07) is 20.1. The molecule has 3 aromatic carbocycles. The first-order valence-corrected chi connectivity index (χ1v) is 12.6. The molecular formula is C26H30N2O5S. The number of sulfonamides is 1. The van der Waals surface area contributed by atoms with E-state index in [0.717, 1.165) is 35.4 Å². The standard InChI is InChI=1S/C26H30N2O5S/c1-31-21-9-7-8-19(14-21)18-28-13-12-20-15-25(32-2)26(33-3)16-23(20)24(28)17-27-34(29,30)22-10-5-4-6-11-22/h4-11,14-16,24,27H,12-13,17-18H2,1-3H3. The molecule has 0 aliphatic carbocycles. The van der Waals surface area contributed by atoms with Crippen LogP contribution in [0.2, 0.25) is 0 Å². The van der Waals surface area contributed by atoms with Crippen molar-refractivity contribution in [2.45, 2.75) is 23.9 Å². The van der Waals surface area contributed by atoms with Crippen LogP contribution in [0.5, 0.6) is 17.2 Å². The number of nitrogens with zero attached hydrogens (tertiary/aromatic N) is 1. The Hall–Kier alpha value is -3.07. The molecule has 8 heteroatoms. The van der Waals surface area contributed by atoms with Gasteiger partial charge in [0.25, 0.3) is 0 Å². The van der Waals surface area contributed by atoms with Gasteiger partial charge in [-0.2, -0.15) is 0 Å². The van der Waals surface area contributed by atoms with Crippen LogP contribution in [0.1, 0.15) is 22.7 Å². The minimum atomic E-state index is -3.65. The third-order valence-electron chi connectivity index (χ3n) is 6.15. The molecule has 0 radical (unpaired) electrons. The van der Waals surface area contributed by atoms with E-state index in [4.69, 9.17) is 14.2 Å². The van der Waals surface area contributed by atoms with Gasteiger partial charge in [-0.15, -0.1) is 0 Å². The monoisotopic (exact) mass is 482 g/mol. The first-order chi connectivity index (χ1) is 16.4. The van der Waals surface area contributed by atoms with Crippen molar-refractivity contribution in [3.8, 4) is 17.2 Å². The highest BCUT2D eigenvalue weighted by molar-refractivity contribution is 7.89. The molecule has 7 nitrogen and oxygen atoms in total. The van der Waals surface area contributed by atoms with E-state index in [1.165, 1.54) is 0 Å². The molecule has 0 spiro atoms. The van der Waals surface area contributed by atoms with Crippen molar-refractivity contribution in [1.29, 1.82) is 0 Å². The van der Waals surface area contributed by atoms with Gasteiger partial charge in [0.05, 0.1) is 26.2 Å². The van der Waals surface area contributed by atoms with E-state index in [9.17, 15) is 8.42 Å².